The van der Waals surface area contributed by atoms with Crippen LogP contribution in [0.4, 0.5) is 15.8 Å². The highest BCUT2D eigenvalue weighted by atomic mass is 35.5. The van der Waals surface area contributed by atoms with Gasteiger partial charge in [-0.1, -0.05) is 24.4 Å². The number of halogens is 2. The predicted octanol–water partition coefficient (Wildman–Crippen LogP) is 2.80. The van der Waals surface area contributed by atoms with E-state index in [0.717, 1.165) is 25.7 Å². The van der Waals surface area contributed by atoms with E-state index in [1.54, 1.807) is 0 Å². The molecule has 3 nitrogen and oxygen atoms in total. The van der Waals surface area contributed by atoms with E-state index in [1.807, 2.05) is 11.9 Å². The molecule has 0 aromatic heterocycles. The highest BCUT2D eigenvalue weighted by Crippen LogP contribution is 2.33. The van der Waals surface area contributed by atoms with Crippen LogP contribution in [0.15, 0.2) is 12.1 Å². The number of benzene rings is 1. The standard InChI is InChI=1S/C13H18ClFN2O/c1-17(11-4-2-3-5-13(11)18)12-7-9(15)8(14)6-10(12)16/h6-7,11,13,18H,2-5,16H2,1H3. The van der Waals surface area contributed by atoms with Gasteiger partial charge in [-0.05, 0) is 18.9 Å². The number of hydrogen-bond donors (Lipinski definition) is 2. The van der Waals surface area contributed by atoms with Crippen LogP contribution in [0, 0.1) is 5.82 Å². The summed E-state index contributed by atoms with van der Waals surface area (Å²) in [7, 11) is 1.83. The molecule has 0 radical (unpaired) electrons. The van der Waals surface area contributed by atoms with Crippen LogP contribution in [-0.2, 0) is 0 Å². The molecule has 0 amide bonds. The molecule has 3 N–H and O–H groups in total. The Labute approximate surface area is 111 Å². The van der Waals surface area contributed by atoms with Crippen molar-refractivity contribution < 1.29 is 9.50 Å². The van der Waals surface area contributed by atoms with Gasteiger partial charge < -0.3 is 15.7 Å². The minimum absolute atomic E-state index is 0.0124. The zero-order valence-corrected chi connectivity index (χ0v) is 11.1. The molecule has 2 rings (SSSR count). The molecule has 2 atom stereocenters. The first-order chi connectivity index (χ1) is 8.50. The molecule has 1 aromatic carbocycles. The highest BCUT2D eigenvalue weighted by Gasteiger charge is 2.28. The van der Waals surface area contributed by atoms with E-state index in [9.17, 15) is 9.50 Å². The maximum atomic E-state index is 13.5. The number of nitrogens with two attached hydrogens (primary N) is 1. The van der Waals surface area contributed by atoms with Gasteiger partial charge in [0, 0.05) is 13.1 Å². The molecule has 1 fully saturated rings. The van der Waals surface area contributed by atoms with Gasteiger partial charge in [-0.15, -0.1) is 0 Å². The van der Waals surface area contributed by atoms with Crippen molar-refractivity contribution in [3.05, 3.63) is 23.0 Å². The molecule has 1 aliphatic carbocycles. The van der Waals surface area contributed by atoms with Crippen LogP contribution in [0.25, 0.3) is 0 Å². The highest BCUT2D eigenvalue weighted by molar-refractivity contribution is 6.31. The number of rotatable bonds is 2. The minimum atomic E-state index is -0.488. The summed E-state index contributed by atoms with van der Waals surface area (Å²) in [6, 6.07) is 2.73. The molecule has 1 aliphatic rings. The van der Waals surface area contributed by atoms with Crippen LogP contribution in [0.2, 0.25) is 5.02 Å². The SMILES string of the molecule is CN(c1cc(F)c(Cl)cc1N)C1CCCCC1O. The van der Waals surface area contributed by atoms with Gasteiger partial charge >= 0.3 is 0 Å². The van der Waals surface area contributed by atoms with E-state index in [2.05, 4.69) is 0 Å². The number of aliphatic hydroxyl groups is 1. The van der Waals surface area contributed by atoms with Crippen LogP contribution in [-0.4, -0.2) is 24.3 Å². The maximum absolute atomic E-state index is 13.5. The summed E-state index contributed by atoms with van der Waals surface area (Å²) in [5.41, 5.74) is 6.89. The van der Waals surface area contributed by atoms with Gasteiger partial charge in [-0.3, -0.25) is 0 Å². The molecule has 0 saturated heterocycles. The Morgan fingerprint density at radius 2 is 2.06 bits per heavy atom. The zero-order valence-electron chi connectivity index (χ0n) is 10.4. The molecular formula is C13H18ClFN2O. The van der Waals surface area contributed by atoms with Crippen LogP contribution in [0.3, 0.4) is 0 Å². The number of likely N-dealkylation sites (N-methyl/N-ethyl adjacent to an activating group) is 1. The Morgan fingerprint density at radius 1 is 1.39 bits per heavy atom. The average Bonchev–Trinajstić information content (AvgIpc) is 2.33. The number of hydrogen-bond acceptors (Lipinski definition) is 3. The van der Waals surface area contributed by atoms with Crippen molar-refractivity contribution in [3.8, 4) is 0 Å². The lowest BCUT2D eigenvalue weighted by atomic mass is 9.91. The Balaban J connectivity index is 2.27. The number of aliphatic hydroxyl groups excluding tert-OH is 1. The number of nitrogen functional groups attached to an aromatic ring is 1. The lowest BCUT2D eigenvalue weighted by Crippen LogP contribution is -2.43. The lowest BCUT2D eigenvalue weighted by Gasteiger charge is -2.37. The molecule has 0 heterocycles. The molecule has 0 aliphatic heterocycles. The van der Waals surface area contributed by atoms with Crippen LogP contribution in [0.1, 0.15) is 25.7 Å². The van der Waals surface area contributed by atoms with E-state index >= 15 is 0 Å². The Bertz CT molecular complexity index is 441. The summed E-state index contributed by atoms with van der Waals surface area (Å²) in [6.45, 7) is 0. The average molecular weight is 273 g/mol. The normalized spacial score (nSPS) is 24.0. The molecule has 0 bridgehead atoms. The first kappa shape index (κ1) is 13.4. The van der Waals surface area contributed by atoms with Gasteiger partial charge in [-0.25, -0.2) is 4.39 Å². The summed E-state index contributed by atoms with van der Waals surface area (Å²) >= 11 is 5.68. The number of nitrogens with zero attached hydrogens (tertiary/aromatic N) is 1. The van der Waals surface area contributed by atoms with Crippen molar-refractivity contribution in [2.24, 2.45) is 0 Å². The summed E-state index contributed by atoms with van der Waals surface area (Å²) in [4.78, 5) is 1.86. The molecule has 1 aromatic rings. The molecular weight excluding hydrogens is 255 g/mol. The second-order valence-electron chi connectivity index (χ2n) is 4.86. The van der Waals surface area contributed by atoms with Crippen LogP contribution in [0.5, 0.6) is 0 Å². The first-order valence-electron chi connectivity index (χ1n) is 6.16. The van der Waals surface area contributed by atoms with Crippen molar-refractivity contribution in [1.29, 1.82) is 0 Å². The first-order valence-corrected chi connectivity index (χ1v) is 6.54. The molecule has 2 unspecified atom stereocenters. The molecule has 100 valence electrons. The molecule has 18 heavy (non-hydrogen) atoms. The van der Waals surface area contributed by atoms with Crippen molar-refractivity contribution in [2.75, 3.05) is 17.7 Å². The minimum Gasteiger partial charge on any atom is -0.397 e. The summed E-state index contributed by atoms with van der Waals surface area (Å²) in [5.74, 6) is -0.488. The molecule has 1 saturated carbocycles. The summed E-state index contributed by atoms with van der Waals surface area (Å²) in [6.07, 6.45) is 3.39. The Hall–Kier alpha value is -1.00. The van der Waals surface area contributed by atoms with E-state index in [0.29, 0.717) is 11.4 Å². The maximum Gasteiger partial charge on any atom is 0.144 e. The third-order valence-electron chi connectivity index (χ3n) is 3.64. The van der Waals surface area contributed by atoms with Crippen molar-refractivity contribution in [1.82, 2.24) is 0 Å². The van der Waals surface area contributed by atoms with E-state index < -0.39 is 5.82 Å². The summed E-state index contributed by atoms with van der Waals surface area (Å²) < 4.78 is 13.5. The van der Waals surface area contributed by atoms with Gasteiger partial charge in [0.25, 0.3) is 0 Å². The van der Waals surface area contributed by atoms with Gasteiger partial charge in [0.2, 0.25) is 0 Å². The monoisotopic (exact) mass is 272 g/mol. The Kier molecular flexibility index (Phi) is 3.97. The van der Waals surface area contributed by atoms with Gasteiger partial charge in [-0.2, -0.15) is 0 Å². The molecule has 5 heteroatoms. The van der Waals surface area contributed by atoms with E-state index in [1.165, 1.54) is 12.1 Å². The van der Waals surface area contributed by atoms with Crippen LogP contribution < -0.4 is 10.6 Å². The van der Waals surface area contributed by atoms with E-state index in [-0.39, 0.29) is 17.2 Å². The second kappa shape index (κ2) is 5.33. The van der Waals surface area contributed by atoms with Gasteiger partial charge in [0.05, 0.1) is 28.5 Å². The third kappa shape index (κ3) is 2.54. The predicted molar refractivity (Wildman–Crippen MR) is 72.5 cm³/mol. The smallest absolute Gasteiger partial charge is 0.144 e. The Morgan fingerprint density at radius 3 is 2.72 bits per heavy atom. The van der Waals surface area contributed by atoms with E-state index in [4.69, 9.17) is 17.3 Å². The van der Waals surface area contributed by atoms with Crippen LogP contribution >= 0.6 is 11.6 Å². The second-order valence-corrected chi connectivity index (χ2v) is 5.26. The van der Waals surface area contributed by atoms with Crippen molar-refractivity contribution >= 4 is 23.0 Å². The fourth-order valence-corrected chi connectivity index (χ4v) is 2.75. The lowest BCUT2D eigenvalue weighted by molar-refractivity contribution is 0.106. The molecule has 0 spiro atoms. The fraction of sp³-hybridized carbons (Fsp3) is 0.538. The number of anilines is 2. The quantitative estimate of drug-likeness (QED) is 0.814. The largest absolute Gasteiger partial charge is 0.397 e. The summed E-state index contributed by atoms with van der Waals surface area (Å²) in [5, 5.41) is 10.0. The van der Waals surface area contributed by atoms with Crippen molar-refractivity contribution in [3.63, 3.8) is 0 Å². The van der Waals surface area contributed by atoms with Gasteiger partial charge in [0.1, 0.15) is 5.82 Å². The van der Waals surface area contributed by atoms with Crippen molar-refractivity contribution in [2.45, 2.75) is 37.8 Å². The third-order valence-corrected chi connectivity index (χ3v) is 3.93. The fourth-order valence-electron chi connectivity index (χ4n) is 2.58. The topological polar surface area (TPSA) is 49.5 Å². The zero-order chi connectivity index (χ0) is 13.3. The van der Waals surface area contributed by atoms with Gasteiger partial charge in [0.15, 0.2) is 0 Å².